The van der Waals surface area contributed by atoms with Crippen molar-refractivity contribution in [3.8, 4) is 5.75 Å². The molecule has 1 amide bonds. The highest BCUT2D eigenvalue weighted by Gasteiger charge is 2.08. The highest BCUT2D eigenvalue weighted by Crippen LogP contribution is 2.23. The summed E-state index contributed by atoms with van der Waals surface area (Å²) < 4.78 is 7.56. The van der Waals surface area contributed by atoms with E-state index in [2.05, 4.69) is 21.2 Å². The van der Waals surface area contributed by atoms with Gasteiger partial charge in [-0.05, 0) is 35.9 Å². The van der Waals surface area contributed by atoms with Gasteiger partial charge in [-0.25, -0.2) is 5.43 Å². The lowest BCUT2D eigenvalue weighted by atomic mass is 10.2. The minimum atomic E-state index is -0.374. The van der Waals surface area contributed by atoms with Crippen LogP contribution in [0.1, 0.15) is 11.1 Å². The summed E-state index contributed by atoms with van der Waals surface area (Å²) >= 11 is 12.0. The molecule has 7 heteroatoms. The second-order valence-corrected chi connectivity index (χ2v) is 7.71. The number of halogens is 2. The fraction of sp³-hybridized carbons (Fsp3) is 0.0833. The molecule has 1 aromatic heterocycles. The molecule has 31 heavy (non-hydrogen) atoms. The summed E-state index contributed by atoms with van der Waals surface area (Å²) in [4.78, 5) is 12.0. The molecule has 0 bridgehead atoms. The first-order valence-corrected chi connectivity index (χ1v) is 10.4. The van der Waals surface area contributed by atoms with Crippen LogP contribution in [0.2, 0.25) is 10.0 Å². The van der Waals surface area contributed by atoms with Crippen LogP contribution in [0.15, 0.2) is 84.1 Å². The van der Waals surface area contributed by atoms with Gasteiger partial charge in [0, 0.05) is 34.2 Å². The van der Waals surface area contributed by atoms with Gasteiger partial charge in [0.1, 0.15) is 5.75 Å². The zero-order chi connectivity index (χ0) is 21.6. The zero-order valence-corrected chi connectivity index (χ0v) is 18.0. The van der Waals surface area contributed by atoms with Gasteiger partial charge in [0.2, 0.25) is 0 Å². The topological polar surface area (TPSA) is 55.6 Å². The summed E-state index contributed by atoms with van der Waals surface area (Å²) in [5.41, 5.74) is 5.60. The van der Waals surface area contributed by atoms with Crippen LogP contribution in [0.4, 0.5) is 0 Å². The smallest absolute Gasteiger partial charge is 0.277 e. The van der Waals surface area contributed by atoms with E-state index in [-0.39, 0.29) is 12.5 Å². The predicted molar refractivity (Wildman–Crippen MR) is 125 cm³/mol. The molecule has 0 aliphatic heterocycles. The van der Waals surface area contributed by atoms with Crippen LogP contribution in [0.3, 0.4) is 0 Å². The van der Waals surface area contributed by atoms with Crippen molar-refractivity contribution < 1.29 is 9.53 Å². The van der Waals surface area contributed by atoms with Crippen LogP contribution >= 0.6 is 23.2 Å². The highest BCUT2D eigenvalue weighted by molar-refractivity contribution is 6.32. The van der Waals surface area contributed by atoms with E-state index in [9.17, 15) is 4.79 Å². The van der Waals surface area contributed by atoms with Crippen molar-refractivity contribution in [3.05, 3.63) is 100 Å². The summed E-state index contributed by atoms with van der Waals surface area (Å²) in [6.07, 6.45) is 3.64. The summed E-state index contributed by atoms with van der Waals surface area (Å²) in [6, 6.07) is 22.8. The molecular weight excluding hydrogens is 433 g/mol. The first-order valence-electron chi connectivity index (χ1n) is 9.62. The molecule has 5 nitrogen and oxygen atoms in total. The standard InChI is InChI=1S/C24H19Cl2N3O2/c25-19-11-9-17(10-12-19)14-29-15-18(20-5-1-3-7-22(20)29)13-27-28-24(30)16-31-23-8-4-2-6-21(23)26/h1-13,15H,14,16H2,(H,28,30)/b27-13-. The van der Waals surface area contributed by atoms with Gasteiger partial charge in [0.25, 0.3) is 5.91 Å². The lowest BCUT2D eigenvalue weighted by Gasteiger charge is -2.06. The molecule has 0 fully saturated rings. The number of hydrogen-bond donors (Lipinski definition) is 1. The Kier molecular flexibility index (Phi) is 6.55. The van der Waals surface area contributed by atoms with E-state index in [4.69, 9.17) is 27.9 Å². The van der Waals surface area contributed by atoms with E-state index in [0.717, 1.165) is 22.0 Å². The maximum absolute atomic E-state index is 12.0. The first kappa shape index (κ1) is 21.0. The van der Waals surface area contributed by atoms with Crippen molar-refractivity contribution in [3.63, 3.8) is 0 Å². The molecule has 0 unspecified atom stereocenters. The van der Waals surface area contributed by atoms with Crippen LogP contribution in [0.25, 0.3) is 10.9 Å². The SMILES string of the molecule is O=C(COc1ccccc1Cl)N/N=C\c1cn(Cc2ccc(Cl)cc2)c2ccccc12. The number of para-hydroxylation sites is 2. The molecule has 0 aliphatic carbocycles. The van der Waals surface area contributed by atoms with E-state index in [0.29, 0.717) is 22.3 Å². The average molecular weight is 452 g/mol. The minimum Gasteiger partial charge on any atom is -0.482 e. The van der Waals surface area contributed by atoms with Crippen molar-refractivity contribution in [2.45, 2.75) is 6.54 Å². The summed E-state index contributed by atoms with van der Waals surface area (Å²) in [5.74, 6) is 0.0784. The van der Waals surface area contributed by atoms with Gasteiger partial charge in [0.15, 0.2) is 6.61 Å². The van der Waals surface area contributed by atoms with Gasteiger partial charge < -0.3 is 9.30 Å². The third-order valence-corrected chi connectivity index (χ3v) is 5.24. The van der Waals surface area contributed by atoms with E-state index in [1.807, 2.05) is 48.7 Å². The molecular formula is C24H19Cl2N3O2. The number of rotatable bonds is 7. The Balaban J connectivity index is 1.44. The molecule has 0 aliphatic rings. The molecule has 0 saturated carbocycles. The van der Waals surface area contributed by atoms with Gasteiger partial charge in [0.05, 0.1) is 11.2 Å². The predicted octanol–water partition coefficient (Wildman–Crippen LogP) is 5.53. The fourth-order valence-electron chi connectivity index (χ4n) is 3.21. The largest absolute Gasteiger partial charge is 0.482 e. The Morgan fingerprint density at radius 3 is 2.55 bits per heavy atom. The summed E-state index contributed by atoms with van der Waals surface area (Å²) in [7, 11) is 0. The number of fused-ring (bicyclic) bond motifs is 1. The third kappa shape index (κ3) is 5.26. The van der Waals surface area contributed by atoms with Gasteiger partial charge in [-0.15, -0.1) is 0 Å². The molecule has 1 N–H and O–H groups in total. The number of carbonyl (C=O) groups excluding carboxylic acids is 1. The summed E-state index contributed by atoms with van der Waals surface area (Å²) in [6.45, 7) is 0.517. The van der Waals surface area contributed by atoms with E-state index in [1.54, 1.807) is 30.5 Å². The van der Waals surface area contributed by atoms with Crippen LogP contribution in [-0.2, 0) is 11.3 Å². The normalized spacial score (nSPS) is 11.2. The number of hydrazone groups is 1. The maximum atomic E-state index is 12.0. The summed E-state index contributed by atoms with van der Waals surface area (Å²) in [5, 5.41) is 6.30. The number of aromatic nitrogens is 1. The van der Waals surface area contributed by atoms with Crippen molar-refractivity contribution in [2.75, 3.05) is 6.61 Å². The average Bonchev–Trinajstić information content (AvgIpc) is 3.12. The lowest BCUT2D eigenvalue weighted by molar-refractivity contribution is -0.123. The Bertz CT molecular complexity index is 1230. The van der Waals surface area contributed by atoms with Gasteiger partial charge in [-0.2, -0.15) is 5.10 Å². The number of amides is 1. The molecule has 0 saturated heterocycles. The quantitative estimate of drug-likeness (QED) is 0.296. The van der Waals surface area contributed by atoms with Crippen LogP contribution < -0.4 is 10.2 Å². The number of ether oxygens (including phenoxy) is 1. The molecule has 156 valence electrons. The van der Waals surface area contributed by atoms with Crippen LogP contribution in [0, 0.1) is 0 Å². The highest BCUT2D eigenvalue weighted by atomic mass is 35.5. The van der Waals surface area contributed by atoms with Crippen LogP contribution in [0.5, 0.6) is 5.75 Å². The molecule has 4 aromatic rings. The third-order valence-electron chi connectivity index (χ3n) is 4.67. The van der Waals surface area contributed by atoms with Gasteiger partial charge in [-0.3, -0.25) is 4.79 Å². The maximum Gasteiger partial charge on any atom is 0.277 e. The Labute approximate surface area is 189 Å². The minimum absolute atomic E-state index is 0.181. The first-order chi connectivity index (χ1) is 15.1. The number of nitrogens with zero attached hydrogens (tertiary/aromatic N) is 2. The Morgan fingerprint density at radius 2 is 1.74 bits per heavy atom. The molecule has 4 rings (SSSR count). The Morgan fingerprint density at radius 1 is 1.00 bits per heavy atom. The molecule has 0 radical (unpaired) electrons. The van der Waals surface area contributed by atoms with Crippen molar-refractivity contribution in [1.82, 2.24) is 9.99 Å². The van der Waals surface area contributed by atoms with E-state index >= 15 is 0 Å². The fourth-order valence-corrected chi connectivity index (χ4v) is 3.52. The van der Waals surface area contributed by atoms with E-state index in [1.165, 1.54) is 0 Å². The van der Waals surface area contributed by atoms with Crippen molar-refractivity contribution in [1.29, 1.82) is 0 Å². The number of nitrogens with one attached hydrogen (secondary N) is 1. The molecule has 0 atom stereocenters. The number of hydrogen-bond acceptors (Lipinski definition) is 3. The Hall–Kier alpha value is -3.28. The van der Waals surface area contributed by atoms with Crippen molar-refractivity contribution >= 4 is 46.2 Å². The van der Waals surface area contributed by atoms with Crippen molar-refractivity contribution in [2.24, 2.45) is 5.10 Å². The van der Waals surface area contributed by atoms with Crippen LogP contribution in [-0.4, -0.2) is 23.3 Å². The number of benzene rings is 3. The second-order valence-electron chi connectivity index (χ2n) is 6.87. The van der Waals surface area contributed by atoms with Gasteiger partial charge >= 0.3 is 0 Å². The molecule has 3 aromatic carbocycles. The van der Waals surface area contributed by atoms with Gasteiger partial charge in [-0.1, -0.05) is 65.7 Å². The monoisotopic (exact) mass is 451 g/mol. The lowest BCUT2D eigenvalue weighted by Crippen LogP contribution is -2.24. The zero-order valence-electron chi connectivity index (χ0n) is 16.5. The second kappa shape index (κ2) is 9.69. The molecule has 1 heterocycles. The number of carbonyl (C=O) groups is 1. The van der Waals surface area contributed by atoms with E-state index < -0.39 is 0 Å². The molecule has 0 spiro atoms.